The Kier molecular flexibility index (Phi) is 6.01. The van der Waals surface area contributed by atoms with Crippen molar-refractivity contribution < 1.29 is 14.3 Å². The standard InChI is InChI=1S/C18H28N4O3/c1-15-4-3-5-16(20-15)10-21-7-9-25-18(12-21)13-22(6-8-24-14-18)11-17(23)19-2/h3-5H,6-14H2,1-2H3,(H,19,23)/t18-/m1/s1. The van der Waals surface area contributed by atoms with Crippen molar-refractivity contribution in [3.63, 3.8) is 0 Å². The van der Waals surface area contributed by atoms with Crippen molar-refractivity contribution in [2.24, 2.45) is 0 Å². The van der Waals surface area contributed by atoms with Gasteiger partial charge in [-0.05, 0) is 19.1 Å². The number of nitrogens with one attached hydrogen (secondary N) is 1. The van der Waals surface area contributed by atoms with Crippen molar-refractivity contribution in [1.29, 1.82) is 0 Å². The van der Waals surface area contributed by atoms with Crippen molar-refractivity contribution in [2.75, 3.05) is 59.6 Å². The summed E-state index contributed by atoms with van der Waals surface area (Å²) in [6.45, 7) is 8.18. The summed E-state index contributed by atoms with van der Waals surface area (Å²) >= 11 is 0. The number of morpholine rings is 1. The lowest BCUT2D eigenvalue weighted by molar-refractivity contribution is -0.144. The zero-order valence-electron chi connectivity index (χ0n) is 15.2. The monoisotopic (exact) mass is 348 g/mol. The molecule has 7 nitrogen and oxygen atoms in total. The van der Waals surface area contributed by atoms with Gasteiger partial charge in [-0.3, -0.25) is 19.6 Å². The molecule has 0 aromatic carbocycles. The van der Waals surface area contributed by atoms with Crippen LogP contribution in [0.5, 0.6) is 0 Å². The number of aromatic nitrogens is 1. The van der Waals surface area contributed by atoms with Gasteiger partial charge in [-0.1, -0.05) is 6.07 Å². The van der Waals surface area contributed by atoms with Crippen LogP contribution in [0, 0.1) is 6.92 Å². The predicted octanol–water partition coefficient (Wildman–Crippen LogP) is 0.0392. The van der Waals surface area contributed by atoms with Gasteiger partial charge >= 0.3 is 0 Å². The van der Waals surface area contributed by atoms with E-state index in [0.29, 0.717) is 32.9 Å². The number of likely N-dealkylation sites (N-methyl/N-ethyl adjacent to an activating group) is 1. The van der Waals surface area contributed by atoms with E-state index in [4.69, 9.17) is 9.47 Å². The van der Waals surface area contributed by atoms with Crippen LogP contribution in [0.15, 0.2) is 18.2 Å². The third kappa shape index (κ3) is 4.98. The van der Waals surface area contributed by atoms with Crippen LogP contribution in [0.4, 0.5) is 0 Å². The van der Waals surface area contributed by atoms with Gasteiger partial charge in [-0.2, -0.15) is 0 Å². The van der Waals surface area contributed by atoms with Crippen LogP contribution in [0.3, 0.4) is 0 Å². The Morgan fingerprint density at radius 1 is 1.28 bits per heavy atom. The smallest absolute Gasteiger partial charge is 0.233 e. The molecule has 25 heavy (non-hydrogen) atoms. The number of rotatable bonds is 4. The second kappa shape index (κ2) is 8.23. The highest BCUT2D eigenvalue weighted by Crippen LogP contribution is 2.23. The third-order valence-corrected chi connectivity index (χ3v) is 4.73. The molecule has 0 saturated carbocycles. The van der Waals surface area contributed by atoms with Crippen molar-refractivity contribution >= 4 is 5.91 Å². The van der Waals surface area contributed by atoms with Crippen LogP contribution in [-0.2, 0) is 20.8 Å². The van der Waals surface area contributed by atoms with Gasteiger partial charge in [0.25, 0.3) is 0 Å². The molecular weight excluding hydrogens is 320 g/mol. The summed E-state index contributed by atoms with van der Waals surface area (Å²) in [6, 6.07) is 6.13. The second-order valence-electron chi connectivity index (χ2n) is 6.95. The SMILES string of the molecule is CNC(=O)CN1CCOC[C@]2(C1)CN(Cc1cccc(C)n1)CCO2. The van der Waals surface area contributed by atoms with Crippen LogP contribution >= 0.6 is 0 Å². The second-order valence-corrected chi connectivity index (χ2v) is 6.95. The fourth-order valence-electron chi connectivity index (χ4n) is 3.56. The molecule has 2 aliphatic heterocycles. The molecule has 1 N–H and O–H groups in total. The molecule has 3 heterocycles. The van der Waals surface area contributed by atoms with Gasteiger partial charge < -0.3 is 14.8 Å². The molecular formula is C18H28N4O3. The minimum atomic E-state index is -0.382. The molecule has 2 saturated heterocycles. The molecule has 1 aromatic rings. The predicted molar refractivity (Wildman–Crippen MR) is 94.3 cm³/mol. The van der Waals surface area contributed by atoms with Crippen LogP contribution in [0.25, 0.3) is 0 Å². The molecule has 2 fully saturated rings. The van der Waals surface area contributed by atoms with Gasteiger partial charge in [0.1, 0.15) is 5.60 Å². The largest absolute Gasteiger partial charge is 0.377 e. The summed E-state index contributed by atoms with van der Waals surface area (Å²) in [5.74, 6) is 0.0219. The Hall–Kier alpha value is -1.54. The lowest BCUT2D eigenvalue weighted by Crippen LogP contribution is -2.59. The van der Waals surface area contributed by atoms with E-state index in [-0.39, 0.29) is 11.5 Å². The molecule has 0 aliphatic carbocycles. The Balaban J connectivity index is 1.66. The first-order chi connectivity index (χ1) is 12.1. The summed E-state index contributed by atoms with van der Waals surface area (Å²) in [5.41, 5.74) is 1.73. The Bertz CT molecular complexity index is 597. The molecule has 0 unspecified atom stereocenters. The van der Waals surface area contributed by atoms with Crippen molar-refractivity contribution in [2.45, 2.75) is 19.1 Å². The van der Waals surface area contributed by atoms with E-state index in [1.54, 1.807) is 7.05 Å². The number of nitrogens with zero attached hydrogens (tertiary/aromatic N) is 3. The average Bonchev–Trinajstić information content (AvgIpc) is 2.77. The number of pyridine rings is 1. The van der Waals surface area contributed by atoms with E-state index >= 15 is 0 Å². The molecule has 1 amide bonds. The first-order valence-electron chi connectivity index (χ1n) is 8.88. The molecule has 1 aromatic heterocycles. The van der Waals surface area contributed by atoms with Gasteiger partial charge in [0.15, 0.2) is 0 Å². The maximum Gasteiger partial charge on any atom is 0.233 e. The maximum atomic E-state index is 11.7. The summed E-state index contributed by atoms with van der Waals surface area (Å²) < 4.78 is 12.0. The van der Waals surface area contributed by atoms with Crippen LogP contribution in [0.1, 0.15) is 11.4 Å². The number of ether oxygens (including phenoxy) is 2. The normalized spacial score (nSPS) is 25.7. The summed E-state index contributed by atoms with van der Waals surface area (Å²) in [4.78, 5) is 20.9. The lowest BCUT2D eigenvalue weighted by Gasteiger charge is -2.43. The molecule has 7 heteroatoms. The van der Waals surface area contributed by atoms with E-state index in [2.05, 4.69) is 26.2 Å². The number of carbonyl (C=O) groups excluding carboxylic acids is 1. The highest BCUT2D eigenvalue weighted by atomic mass is 16.5. The van der Waals surface area contributed by atoms with Gasteiger partial charge in [-0.15, -0.1) is 0 Å². The first kappa shape index (κ1) is 18.3. The molecule has 1 spiro atoms. The third-order valence-electron chi connectivity index (χ3n) is 4.73. The van der Waals surface area contributed by atoms with E-state index in [9.17, 15) is 4.79 Å². The van der Waals surface area contributed by atoms with E-state index < -0.39 is 0 Å². The van der Waals surface area contributed by atoms with Gasteiger partial charge in [0.05, 0.1) is 32.1 Å². The molecule has 1 atom stereocenters. The summed E-state index contributed by atoms with van der Waals surface area (Å²) in [5, 5.41) is 2.69. The summed E-state index contributed by atoms with van der Waals surface area (Å²) in [6.07, 6.45) is 0. The number of carbonyl (C=O) groups is 1. The van der Waals surface area contributed by atoms with E-state index in [1.807, 2.05) is 19.1 Å². The summed E-state index contributed by atoms with van der Waals surface area (Å²) in [7, 11) is 1.67. The number of aryl methyl sites for hydroxylation is 1. The number of hydrogen-bond acceptors (Lipinski definition) is 6. The molecule has 0 bridgehead atoms. The first-order valence-corrected chi connectivity index (χ1v) is 8.88. The molecule has 0 radical (unpaired) electrons. The fourth-order valence-corrected chi connectivity index (χ4v) is 3.56. The Morgan fingerprint density at radius 2 is 2.08 bits per heavy atom. The Labute approximate surface area is 149 Å². The highest BCUT2D eigenvalue weighted by molar-refractivity contribution is 5.77. The van der Waals surface area contributed by atoms with Crippen LogP contribution < -0.4 is 5.32 Å². The zero-order valence-corrected chi connectivity index (χ0v) is 15.2. The quantitative estimate of drug-likeness (QED) is 0.829. The maximum absolute atomic E-state index is 11.7. The molecule has 138 valence electrons. The highest BCUT2D eigenvalue weighted by Gasteiger charge is 2.40. The van der Waals surface area contributed by atoms with Crippen molar-refractivity contribution in [1.82, 2.24) is 20.1 Å². The van der Waals surface area contributed by atoms with E-state index in [0.717, 1.165) is 37.6 Å². The van der Waals surface area contributed by atoms with Crippen molar-refractivity contribution in [3.05, 3.63) is 29.6 Å². The van der Waals surface area contributed by atoms with Gasteiger partial charge in [0, 0.05) is 45.5 Å². The van der Waals surface area contributed by atoms with Crippen molar-refractivity contribution in [3.8, 4) is 0 Å². The fraction of sp³-hybridized carbons (Fsp3) is 0.667. The Morgan fingerprint density at radius 3 is 2.88 bits per heavy atom. The van der Waals surface area contributed by atoms with E-state index in [1.165, 1.54) is 0 Å². The number of hydrogen-bond donors (Lipinski definition) is 1. The molecule has 3 rings (SSSR count). The average molecular weight is 348 g/mol. The van der Waals surface area contributed by atoms with Crippen LogP contribution in [-0.4, -0.2) is 85.9 Å². The minimum Gasteiger partial charge on any atom is -0.377 e. The lowest BCUT2D eigenvalue weighted by atomic mass is 10.0. The minimum absolute atomic E-state index is 0.0219. The molecule has 2 aliphatic rings. The van der Waals surface area contributed by atoms with Gasteiger partial charge in [0.2, 0.25) is 5.91 Å². The zero-order chi connectivity index (χ0) is 17.7. The topological polar surface area (TPSA) is 66.9 Å². The van der Waals surface area contributed by atoms with Crippen LogP contribution in [0.2, 0.25) is 0 Å². The number of amides is 1. The van der Waals surface area contributed by atoms with Gasteiger partial charge in [-0.25, -0.2) is 0 Å².